The Hall–Kier alpha value is -1.60. The Morgan fingerprint density at radius 1 is 0.714 bits per heavy atom. The molecule has 0 saturated carbocycles. The zero-order valence-corrected chi connectivity index (χ0v) is 13.5. The van der Waals surface area contributed by atoms with Crippen LogP contribution in [0.3, 0.4) is 0 Å². The molecule has 2 aromatic carbocycles. The summed E-state index contributed by atoms with van der Waals surface area (Å²) in [6, 6.07) is 22.8. The third kappa shape index (κ3) is 3.74. The fraction of sp³-hybridized carbons (Fsp3) is 0.400. The van der Waals surface area contributed by atoms with Crippen LogP contribution < -0.4 is 0 Å². The molecule has 0 saturated heterocycles. The second-order valence-corrected chi connectivity index (χ2v) is 5.52. The molecule has 0 spiro atoms. The summed E-state index contributed by atoms with van der Waals surface area (Å²) in [6.45, 7) is 7.94. The molecular formula is C20H27N. The van der Waals surface area contributed by atoms with Gasteiger partial charge in [0, 0.05) is 6.04 Å². The van der Waals surface area contributed by atoms with Crippen LogP contribution in [0.4, 0.5) is 0 Å². The molecule has 1 nitrogen and oxygen atoms in total. The Kier molecular flexibility index (Phi) is 6.01. The van der Waals surface area contributed by atoms with Gasteiger partial charge in [0.2, 0.25) is 0 Å². The number of benzene rings is 2. The molecule has 2 rings (SSSR count). The number of nitrogens with zero attached hydrogens (tertiary/aromatic N) is 1. The second kappa shape index (κ2) is 7.99. The first-order valence-corrected chi connectivity index (χ1v) is 8.17. The molecule has 0 amide bonds. The van der Waals surface area contributed by atoms with E-state index in [0.29, 0.717) is 12.1 Å². The average molecular weight is 281 g/mol. The predicted molar refractivity (Wildman–Crippen MR) is 91.5 cm³/mol. The lowest BCUT2D eigenvalue weighted by Crippen LogP contribution is -2.38. The second-order valence-electron chi connectivity index (χ2n) is 5.52. The van der Waals surface area contributed by atoms with Crippen LogP contribution in [0.5, 0.6) is 0 Å². The minimum absolute atomic E-state index is 0.349. The molecule has 112 valence electrons. The largest absolute Gasteiger partial charge is 0.290 e. The lowest BCUT2D eigenvalue weighted by molar-refractivity contribution is 0.155. The molecule has 21 heavy (non-hydrogen) atoms. The van der Waals surface area contributed by atoms with Crippen molar-refractivity contribution < 1.29 is 0 Å². The van der Waals surface area contributed by atoms with Crippen LogP contribution in [0.25, 0.3) is 0 Å². The van der Waals surface area contributed by atoms with Gasteiger partial charge < -0.3 is 0 Å². The van der Waals surface area contributed by atoms with Crippen molar-refractivity contribution in [3.05, 3.63) is 71.8 Å². The minimum atomic E-state index is 0.349. The van der Waals surface area contributed by atoms with Crippen LogP contribution in [0.2, 0.25) is 0 Å². The summed E-state index contributed by atoms with van der Waals surface area (Å²) < 4.78 is 0. The molecule has 0 radical (unpaired) electrons. The van der Waals surface area contributed by atoms with E-state index < -0.39 is 0 Å². The van der Waals surface area contributed by atoms with Crippen molar-refractivity contribution in [3.8, 4) is 0 Å². The zero-order valence-electron chi connectivity index (χ0n) is 13.5. The smallest absolute Gasteiger partial charge is 0.0604 e. The highest BCUT2D eigenvalue weighted by Gasteiger charge is 2.25. The Bertz CT molecular complexity index is 462. The fourth-order valence-electron chi connectivity index (χ4n) is 3.26. The third-order valence-corrected chi connectivity index (χ3v) is 4.34. The van der Waals surface area contributed by atoms with Gasteiger partial charge in [-0.05, 0) is 30.5 Å². The molecule has 2 aromatic rings. The topological polar surface area (TPSA) is 3.24 Å². The summed E-state index contributed by atoms with van der Waals surface area (Å²) >= 11 is 0. The Labute approximate surface area is 129 Å². The van der Waals surface area contributed by atoms with Crippen LogP contribution >= 0.6 is 0 Å². The van der Waals surface area contributed by atoms with Crippen molar-refractivity contribution in [3.63, 3.8) is 0 Å². The third-order valence-electron chi connectivity index (χ3n) is 4.34. The summed E-state index contributed by atoms with van der Waals surface area (Å²) in [4.78, 5) is 2.64. The lowest BCUT2D eigenvalue weighted by Gasteiger charge is -2.37. The standard InChI is InChI=1S/C20H27N/c1-4-19(5-2)21(6-3)20(17-13-9-7-10-14-17)18-15-11-8-12-16-18/h7-16,19-20H,4-6H2,1-3H3. The highest BCUT2D eigenvalue weighted by atomic mass is 15.2. The van der Waals surface area contributed by atoms with E-state index in [4.69, 9.17) is 0 Å². The van der Waals surface area contributed by atoms with Gasteiger partial charge in [-0.1, -0.05) is 81.4 Å². The molecule has 0 bridgehead atoms. The van der Waals surface area contributed by atoms with Gasteiger partial charge in [-0.2, -0.15) is 0 Å². The van der Waals surface area contributed by atoms with Crippen LogP contribution in [-0.4, -0.2) is 17.5 Å². The van der Waals surface area contributed by atoms with Crippen molar-refractivity contribution in [1.29, 1.82) is 0 Å². The van der Waals surface area contributed by atoms with E-state index in [2.05, 4.69) is 86.3 Å². The van der Waals surface area contributed by atoms with Gasteiger partial charge in [0.15, 0.2) is 0 Å². The molecule has 1 heteroatoms. The van der Waals surface area contributed by atoms with Gasteiger partial charge in [-0.25, -0.2) is 0 Å². The van der Waals surface area contributed by atoms with Crippen LogP contribution in [-0.2, 0) is 0 Å². The maximum absolute atomic E-state index is 2.64. The molecule has 0 unspecified atom stereocenters. The van der Waals surface area contributed by atoms with E-state index in [9.17, 15) is 0 Å². The Balaban J connectivity index is 2.45. The van der Waals surface area contributed by atoms with Crippen molar-refractivity contribution >= 4 is 0 Å². The maximum Gasteiger partial charge on any atom is 0.0604 e. The van der Waals surface area contributed by atoms with Crippen molar-refractivity contribution in [2.75, 3.05) is 6.54 Å². The van der Waals surface area contributed by atoms with E-state index in [1.54, 1.807) is 0 Å². The van der Waals surface area contributed by atoms with Gasteiger partial charge in [-0.3, -0.25) is 4.90 Å². The number of hydrogen-bond acceptors (Lipinski definition) is 1. The highest BCUT2D eigenvalue weighted by Crippen LogP contribution is 2.31. The van der Waals surface area contributed by atoms with Crippen molar-refractivity contribution in [2.24, 2.45) is 0 Å². The monoisotopic (exact) mass is 281 g/mol. The van der Waals surface area contributed by atoms with E-state index in [1.807, 2.05) is 0 Å². The molecular weight excluding hydrogens is 254 g/mol. The van der Waals surface area contributed by atoms with Crippen molar-refractivity contribution in [2.45, 2.75) is 45.7 Å². The first kappa shape index (κ1) is 15.8. The minimum Gasteiger partial charge on any atom is -0.290 e. The van der Waals surface area contributed by atoms with E-state index in [1.165, 1.54) is 24.0 Å². The van der Waals surface area contributed by atoms with Gasteiger partial charge in [0.25, 0.3) is 0 Å². The summed E-state index contributed by atoms with van der Waals surface area (Å²) in [5, 5.41) is 0. The molecule has 0 aliphatic rings. The van der Waals surface area contributed by atoms with E-state index >= 15 is 0 Å². The summed E-state index contributed by atoms with van der Waals surface area (Å²) in [5.74, 6) is 0. The zero-order chi connectivity index (χ0) is 15.1. The first-order valence-electron chi connectivity index (χ1n) is 8.17. The van der Waals surface area contributed by atoms with E-state index in [0.717, 1.165) is 6.54 Å². The van der Waals surface area contributed by atoms with Gasteiger partial charge in [0.1, 0.15) is 0 Å². The van der Waals surface area contributed by atoms with Gasteiger partial charge in [-0.15, -0.1) is 0 Å². The molecule has 0 fully saturated rings. The van der Waals surface area contributed by atoms with Crippen LogP contribution in [0, 0.1) is 0 Å². The quantitative estimate of drug-likeness (QED) is 0.667. The van der Waals surface area contributed by atoms with Crippen molar-refractivity contribution in [1.82, 2.24) is 4.90 Å². The number of hydrogen-bond donors (Lipinski definition) is 0. The lowest BCUT2D eigenvalue weighted by atomic mass is 9.94. The maximum atomic E-state index is 2.64. The summed E-state index contributed by atoms with van der Waals surface area (Å²) in [5.41, 5.74) is 2.77. The highest BCUT2D eigenvalue weighted by molar-refractivity contribution is 5.32. The van der Waals surface area contributed by atoms with Gasteiger partial charge >= 0.3 is 0 Å². The molecule has 0 aromatic heterocycles. The SMILES string of the molecule is CCC(CC)N(CC)C(c1ccccc1)c1ccccc1. The molecule has 0 aliphatic heterocycles. The van der Waals surface area contributed by atoms with Crippen LogP contribution in [0.1, 0.15) is 50.8 Å². The normalized spacial score (nSPS) is 11.5. The van der Waals surface area contributed by atoms with Crippen LogP contribution in [0.15, 0.2) is 60.7 Å². The molecule has 0 aliphatic carbocycles. The average Bonchev–Trinajstić information content (AvgIpc) is 2.56. The summed E-state index contributed by atoms with van der Waals surface area (Å²) in [6.07, 6.45) is 2.39. The molecule has 0 atom stereocenters. The predicted octanol–water partition coefficient (Wildman–Crippen LogP) is 5.29. The Morgan fingerprint density at radius 2 is 1.14 bits per heavy atom. The summed E-state index contributed by atoms with van der Waals surface area (Å²) in [7, 11) is 0. The first-order chi connectivity index (χ1) is 10.3. The van der Waals surface area contributed by atoms with Gasteiger partial charge in [0.05, 0.1) is 6.04 Å². The number of rotatable bonds is 7. The Morgan fingerprint density at radius 3 is 1.48 bits per heavy atom. The molecule has 0 heterocycles. The fourth-order valence-corrected chi connectivity index (χ4v) is 3.26. The molecule has 0 N–H and O–H groups in total. The van der Waals surface area contributed by atoms with E-state index in [-0.39, 0.29) is 0 Å².